The third-order valence-corrected chi connectivity index (χ3v) is 15.2. The molecule has 4 aromatic carbocycles. The molecule has 1 fully saturated rings. The molecule has 0 aliphatic carbocycles. The molecular weight excluding hydrogens is 1010 g/mol. The first-order valence-corrected chi connectivity index (χ1v) is 30.0. The second-order valence-electron chi connectivity index (χ2n) is 20.7. The van der Waals surface area contributed by atoms with Gasteiger partial charge >= 0.3 is 6.09 Å². The van der Waals surface area contributed by atoms with Gasteiger partial charge in [0.1, 0.15) is 17.6 Å². The van der Waals surface area contributed by atoms with Gasteiger partial charge in [0.25, 0.3) is 0 Å². The van der Waals surface area contributed by atoms with Crippen LogP contribution in [0.3, 0.4) is 0 Å². The predicted molar refractivity (Wildman–Crippen MR) is 291 cm³/mol. The van der Waals surface area contributed by atoms with Crippen LogP contribution in [0, 0.1) is 0 Å². The molecule has 2 atom stereocenters. The van der Waals surface area contributed by atoms with Gasteiger partial charge < -0.3 is 48.5 Å². The average Bonchev–Trinajstić information content (AvgIpc) is 3.76. The SMILES string of the molecule is CC1(C)OCc2cc([C@@H](O)CNCCCCCCOCCCCc3cccc(S(N)(=O)=O)c3)ccc2O1.CC1(C)OCc2cc([C@@H]3CN(CCCCCCOCCCCc4cccc(S(N)(=O)=O)c4)C(=O)O3)ccc2O1. The Morgan fingerprint density at radius 3 is 1.70 bits per heavy atom. The summed E-state index contributed by atoms with van der Waals surface area (Å²) in [6, 6.07) is 25.3. The Morgan fingerprint density at radius 1 is 0.645 bits per heavy atom. The average molecular weight is 1100 g/mol. The van der Waals surface area contributed by atoms with E-state index in [1.807, 2.05) is 76.2 Å². The second-order valence-corrected chi connectivity index (χ2v) is 23.8. The fourth-order valence-electron chi connectivity index (χ4n) is 9.04. The van der Waals surface area contributed by atoms with Gasteiger partial charge in [-0.1, -0.05) is 62.1 Å². The quantitative estimate of drug-likeness (QED) is 0.0356. The van der Waals surface area contributed by atoms with Gasteiger partial charge in [-0.25, -0.2) is 31.9 Å². The van der Waals surface area contributed by atoms with Gasteiger partial charge in [0, 0.05) is 78.3 Å². The number of carbonyl (C=O) groups excluding carboxylic acids is 1. The molecule has 0 spiro atoms. The van der Waals surface area contributed by atoms with Crippen LogP contribution in [0.1, 0.15) is 150 Å². The molecule has 420 valence electrons. The molecule has 3 heterocycles. The maximum atomic E-state index is 12.4. The van der Waals surface area contributed by atoms with E-state index in [2.05, 4.69) is 5.32 Å². The highest BCUT2D eigenvalue weighted by molar-refractivity contribution is 7.89. The van der Waals surface area contributed by atoms with Crippen LogP contribution in [-0.4, -0.2) is 97.1 Å². The van der Waals surface area contributed by atoms with Crippen molar-refractivity contribution >= 4 is 26.1 Å². The molecule has 1 amide bonds. The number of primary sulfonamides is 2. The van der Waals surface area contributed by atoms with Crippen LogP contribution in [0.4, 0.5) is 4.79 Å². The van der Waals surface area contributed by atoms with E-state index in [9.17, 15) is 26.7 Å². The highest BCUT2D eigenvalue weighted by Crippen LogP contribution is 2.36. The largest absolute Gasteiger partial charge is 0.463 e. The number of fused-ring (bicyclic) bond motifs is 2. The molecule has 4 aromatic rings. The number of rotatable bonds is 30. The number of aliphatic hydroxyl groups is 1. The highest BCUT2D eigenvalue weighted by atomic mass is 32.2. The Bertz CT molecular complexity index is 2690. The summed E-state index contributed by atoms with van der Waals surface area (Å²) in [7, 11) is -7.31. The highest BCUT2D eigenvalue weighted by Gasteiger charge is 2.34. The van der Waals surface area contributed by atoms with Gasteiger partial charge in [-0.15, -0.1) is 0 Å². The summed E-state index contributed by atoms with van der Waals surface area (Å²) in [5.41, 5.74) is 5.71. The molecule has 0 radical (unpaired) electrons. The number of aliphatic hydroxyl groups excluding tert-OH is 1. The minimum absolute atomic E-state index is 0.155. The number of ether oxygens (including phenoxy) is 7. The molecule has 7 rings (SSSR count). The maximum absolute atomic E-state index is 12.4. The van der Waals surface area contributed by atoms with E-state index < -0.39 is 37.7 Å². The zero-order chi connectivity index (χ0) is 54.6. The van der Waals surface area contributed by atoms with E-state index in [-0.39, 0.29) is 22.0 Å². The lowest BCUT2D eigenvalue weighted by atomic mass is 10.0. The van der Waals surface area contributed by atoms with Crippen molar-refractivity contribution in [3.8, 4) is 11.5 Å². The number of aryl methyl sites for hydroxylation is 2. The first kappa shape index (κ1) is 60.6. The summed E-state index contributed by atoms with van der Waals surface area (Å²) in [4.78, 5) is 14.5. The number of nitrogens with two attached hydrogens (primary N) is 2. The number of amides is 1. The van der Waals surface area contributed by atoms with Gasteiger partial charge in [-0.05, 0) is 142 Å². The number of sulfonamides is 2. The van der Waals surface area contributed by atoms with Gasteiger partial charge in [-0.3, -0.25) is 0 Å². The number of carbonyl (C=O) groups is 1. The fraction of sp³-hybridized carbons (Fsp3) is 0.561. The number of hydrogen-bond acceptors (Lipinski definition) is 14. The van der Waals surface area contributed by atoms with Crippen LogP contribution in [-0.2, 0) is 69.8 Å². The number of nitrogens with one attached hydrogen (secondary N) is 1. The molecule has 0 bridgehead atoms. The molecule has 3 aliphatic rings. The summed E-state index contributed by atoms with van der Waals surface area (Å²) < 4.78 is 86.0. The minimum atomic E-state index is -3.66. The number of unbranched alkanes of at least 4 members (excludes halogenated alkanes) is 8. The molecular formula is C57H82N4O13S2. The Hall–Kier alpha value is -4.67. The molecule has 1 saturated heterocycles. The predicted octanol–water partition coefficient (Wildman–Crippen LogP) is 9.27. The van der Waals surface area contributed by atoms with Crippen molar-refractivity contribution in [1.82, 2.24) is 10.2 Å². The lowest BCUT2D eigenvalue weighted by Gasteiger charge is -2.33. The first-order chi connectivity index (χ1) is 36.2. The minimum Gasteiger partial charge on any atom is -0.463 e. The van der Waals surface area contributed by atoms with E-state index >= 15 is 0 Å². The van der Waals surface area contributed by atoms with E-state index in [4.69, 9.17) is 43.4 Å². The van der Waals surface area contributed by atoms with Crippen molar-refractivity contribution in [3.63, 3.8) is 0 Å². The lowest BCUT2D eigenvalue weighted by molar-refractivity contribution is -0.180. The number of cyclic esters (lactones) is 1. The summed E-state index contributed by atoms with van der Waals surface area (Å²) >= 11 is 0. The smallest absolute Gasteiger partial charge is 0.410 e. The number of benzene rings is 4. The van der Waals surface area contributed by atoms with E-state index in [1.165, 1.54) is 12.1 Å². The molecule has 76 heavy (non-hydrogen) atoms. The lowest BCUT2D eigenvalue weighted by Crippen LogP contribution is -2.35. The first-order valence-electron chi connectivity index (χ1n) is 26.9. The van der Waals surface area contributed by atoms with Gasteiger partial charge in [0.2, 0.25) is 31.6 Å². The van der Waals surface area contributed by atoms with E-state index in [0.29, 0.717) is 46.1 Å². The summed E-state index contributed by atoms with van der Waals surface area (Å²) in [6.07, 6.45) is 12.6. The van der Waals surface area contributed by atoms with Crippen LogP contribution >= 0.6 is 0 Å². The Balaban J connectivity index is 0.000000247. The van der Waals surface area contributed by atoms with Crippen molar-refractivity contribution in [2.24, 2.45) is 10.3 Å². The topological polar surface area (TPSA) is 237 Å². The third kappa shape index (κ3) is 20.6. The fourth-order valence-corrected chi connectivity index (χ4v) is 10.2. The number of nitrogens with zero attached hydrogens (tertiary/aromatic N) is 1. The number of hydrogen-bond donors (Lipinski definition) is 4. The van der Waals surface area contributed by atoms with Crippen LogP contribution in [0.15, 0.2) is 94.7 Å². The van der Waals surface area contributed by atoms with Crippen LogP contribution in [0.25, 0.3) is 0 Å². The maximum Gasteiger partial charge on any atom is 0.410 e. The molecule has 0 unspecified atom stereocenters. The van der Waals surface area contributed by atoms with Gasteiger partial charge in [0.05, 0.1) is 35.7 Å². The second kappa shape index (κ2) is 29.3. The van der Waals surface area contributed by atoms with Crippen molar-refractivity contribution in [2.75, 3.05) is 52.6 Å². The molecule has 0 saturated carbocycles. The normalized spacial score (nSPS) is 17.1. The monoisotopic (exact) mass is 1090 g/mol. The standard InChI is InChI=1S/C29H40N2O7S.C28H42N2O6S/c1-29(2)36-21-24-19-23(13-14-26(24)38-29)27-20-31(28(32)37-27)15-6-3-4-7-16-35-17-8-5-10-22-11-9-12-25(18-22)39(30,33)34;1-28(2)35-21-24-19-23(13-14-27(24)36-28)26(31)20-30-15-6-3-4-7-16-34-17-8-5-10-22-11-9-12-25(18-22)37(29,32)33/h9,11-14,18-19,27H,3-8,10,15-17,20-21H2,1-2H3,(H2,30,33,34);9,11-14,18-19,26,30-31H,3-8,10,15-17,20-21H2,1-2H3,(H2,29,32,33)/t27-;26-/m00/s1. The Morgan fingerprint density at radius 2 is 1.14 bits per heavy atom. The molecule has 6 N–H and O–H groups in total. The zero-order valence-corrected chi connectivity index (χ0v) is 46.6. The van der Waals surface area contributed by atoms with Crippen LogP contribution in [0.5, 0.6) is 11.5 Å². The van der Waals surface area contributed by atoms with Crippen molar-refractivity contribution in [1.29, 1.82) is 0 Å². The Labute approximate surface area is 451 Å². The van der Waals surface area contributed by atoms with Crippen molar-refractivity contribution in [2.45, 2.75) is 164 Å². The molecule has 19 heteroatoms. The van der Waals surface area contributed by atoms with E-state index in [0.717, 1.165) is 155 Å². The van der Waals surface area contributed by atoms with Gasteiger partial charge in [-0.2, -0.15) is 0 Å². The van der Waals surface area contributed by atoms with Crippen LogP contribution in [0.2, 0.25) is 0 Å². The van der Waals surface area contributed by atoms with Crippen molar-refractivity contribution in [3.05, 3.63) is 118 Å². The molecule has 3 aliphatic heterocycles. The zero-order valence-electron chi connectivity index (χ0n) is 45.0. The molecule has 17 nitrogen and oxygen atoms in total. The van der Waals surface area contributed by atoms with E-state index in [1.54, 1.807) is 29.2 Å². The summed E-state index contributed by atoms with van der Waals surface area (Å²) in [5.74, 6) is 0.382. The van der Waals surface area contributed by atoms with Gasteiger partial charge in [0.15, 0.2) is 0 Å². The van der Waals surface area contributed by atoms with Crippen LogP contribution < -0.4 is 25.1 Å². The Kier molecular flexibility index (Phi) is 23.4. The molecule has 0 aromatic heterocycles. The summed E-state index contributed by atoms with van der Waals surface area (Å²) in [5, 5.41) is 24.2. The third-order valence-electron chi connectivity index (χ3n) is 13.3. The van der Waals surface area contributed by atoms with Crippen molar-refractivity contribution < 1.29 is 59.9 Å². The summed E-state index contributed by atoms with van der Waals surface area (Å²) in [6.45, 7) is 14.0.